The standard InChI is InChI=1S/C7H15NO2/c1-4-7(2,3)5(8)6(9)10/h5H,4,8H2,1-3H3,(H,9,10)/t5-/m0/s1. The molecule has 3 nitrogen and oxygen atoms in total. The maximum Gasteiger partial charge on any atom is 0.321 e. The molecule has 0 aromatic carbocycles. The summed E-state index contributed by atoms with van der Waals surface area (Å²) in [6.07, 6.45) is 0.778. The smallest absolute Gasteiger partial charge is 0.321 e. The van der Waals surface area contributed by atoms with Gasteiger partial charge in [0.25, 0.3) is 0 Å². The van der Waals surface area contributed by atoms with Gasteiger partial charge in [-0.3, -0.25) is 4.79 Å². The SMILES string of the molecule is CCC(C)(C)[C@@H](N)C(=O)O. The van der Waals surface area contributed by atoms with Gasteiger partial charge in [0, 0.05) is 0 Å². The molecule has 0 aliphatic carbocycles. The second kappa shape index (κ2) is 3.01. The van der Waals surface area contributed by atoms with Crippen molar-refractivity contribution >= 4 is 5.97 Å². The van der Waals surface area contributed by atoms with E-state index < -0.39 is 12.0 Å². The molecule has 3 heteroatoms. The Labute approximate surface area is 61.2 Å². The van der Waals surface area contributed by atoms with Gasteiger partial charge in [-0.15, -0.1) is 0 Å². The van der Waals surface area contributed by atoms with Crippen molar-refractivity contribution in [3.63, 3.8) is 0 Å². The summed E-state index contributed by atoms with van der Waals surface area (Å²) in [7, 11) is 0. The average molecular weight is 145 g/mol. The highest BCUT2D eigenvalue weighted by Gasteiger charge is 2.29. The zero-order chi connectivity index (χ0) is 8.36. The van der Waals surface area contributed by atoms with E-state index in [-0.39, 0.29) is 5.41 Å². The minimum absolute atomic E-state index is 0.300. The van der Waals surface area contributed by atoms with Crippen molar-refractivity contribution in [2.75, 3.05) is 0 Å². The van der Waals surface area contributed by atoms with Crippen molar-refractivity contribution < 1.29 is 9.90 Å². The molecule has 0 bridgehead atoms. The molecule has 0 unspecified atom stereocenters. The van der Waals surface area contributed by atoms with Crippen molar-refractivity contribution in [3.8, 4) is 0 Å². The van der Waals surface area contributed by atoms with Gasteiger partial charge in [-0.25, -0.2) is 0 Å². The zero-order valence-corrected chi connectivity index (χ0v) is 6.72. The summed E-state index contributed by atoms with van der Waals surface area (Å²) in [5.74, 6) is -0.924. The van der Waals surface area contributed by atoms with Crippen molar-refractivity contribution in [1.82, 2.24) is 0 Å². The fourth-order valence-electron chi connectivity index (χ4n) is 0.554. The lowest BCUT2D eigenvalue weighted by atomic mass is 9.82. The first-order chi connectivity index (χ1) is 4.41. The maximum absolute atomic E-state index is 10.4. The van der Waals surface area contributed by atoms with Gasteiger partial charge in [-0.1, -0.05) is 20.8 Å². The van der Waals surface area contributed by atoms with Crippen molar-refractivity contribution in [1.29, 1.82) is 0 Å². The van der Waals surface area contributed by atoms with E-state index >= 15 is 0 Å². The molecule has 10 heavy (non-hydrogen) atoms. The molecule has 0 spiro atoms. The molecule has 0 saturated heterocycles. The highest BCUT2D eigenvalue weighted by molar-refractivity contribution is 5.74. The van der Waals surface area contributed by atoms with Crippen molar-refractivity contribution in [2.45, 2.75) is 33.2 Å². The van der Waals surface area contributed by atoms with E-state index in [1.54, 1.807) is 0 Å². The first-order valence-corrected chi connectivity index (χ1v) is 3.40. The number of carboxylic acids is 1. The lowest BCUT2D eigenvalue weighted by Crippen LogP contribution is -2.43. The Morgan fingerprint density at radius 2 is 2.10 bits per heavy atom. The predicted octanol–water partition coefficient (Wildman–Crippen LogP) is 0.834. The molecule has 0 fully saturated rings. The van der Waals surface area contributed by atoms with Gasteiger partial charge in [0.15, 0.2) is 0 Å². The summed E-state index contributed by atoms with van der Waals surface area (Å²) in [6, 6.07) is -0.752. The Hall–Kier alpha value is -0.570. The van der Waals surface area contributed by atoms with Crippen LogP contribution in [0.5, 0.6) is 0 Å². The van der Waals surface area contributed by atoms with Gasteiger partial charge in [0.05, 0.1) is 0 Å². The first kappa shape index (κ1) is 9.43. The molecule has 0 saturated carbocycles. The van der Waals surface area contributed by atoms with E-state index in [0.717, 1.165) is 6.42 Å². The second-order valence-corrected chi connectivity index (χ2v) is 3.16. The van der Waals surface area contributed by atoms with Gasteiger partial charge < -0.3 is 10.8 Å². The van der Waals surface area contributed by atoms with E-state index in [4.69, 9.17) is 10.8 Å². The number of hydrogen-bond acceptors (Lipinski definition) is 2. The third-order valence-electron chi connectivity index (χ3n) is 2.02. The van der Waals surface area contributed by atoms with Gasteiger partial charge in [0.1, 0.15) is 6.04 Å². The molecule has 0 radical (unpaired) electrons. The Bertz CT molecular complexity index is 132. The second-order valence-electron chi connectivity index (χ2n) is 3.16. The van der Waals surface area contributed by atoms with Crippen LogP contribution in [0, 0.1) is 5.41 Å². The van der Waals surface area contributed by atoms with Crippen LogP contribution in [0.1, 0.15) is 27.2 Å². The average Bonchev–Trinajstić information content (AvgIpc) is 1.86. The minimum Gasteiger partial charge on any atom is -0.480 e. The molecule has 0 aliphatic heterocycles. The normalized spacial score (nSPS) is 14.8. The molecule has 0 aliphatic rings. The van der Waals surface area contributed by atoms with Gasteiger partial charge in [-0.05, 0) is 11.8 Å². The largest absolute Gasteiger partial charge is 0.480 e. The third kappa shape index (κ3) is 1.99. The fourth-order valence-corrected chi connectivity index (χ4v) is 0.554. The predicted molar refractivity (Wildman–Crippen MR) is 39.7 cm³/mol. The topological polar surface area (TPSA) is 63.3 Å². The fraction of sp³-hybridized carbons (Fsp3) is 0.857. The molecule has 1 atom stereocenters. The van der Waals surface area contributed by atoms with Crippen LogP contribution in [0.3, 0.4) is 0 Å². The monoisotopic (exact) mass is 145 g/mol. The highest BCUT2D eigenvalue weighted by Crippen LogP contribution is 2.22. The Morgan fingerprint density at radius 3 is 2.20 bits per heavy atom. The quantitative estimate of drug-likeness (QED) is 0.618. The molecule has 0 amide bonds. The van der Waals surface area contributed by atoms with Crippen molar-refractivity contribution in [2.24, 2.45) is 11.1 Å². The molecule has 0 heterocycles. The number of rotatable bonds is 3. The summed E-state index contributed by atoms with van der Waals surface area (Å²) < 4.78 is 0. The summed E-state index contributed by atoms with van der Waals surface area (Å²) in [5.41, 5.74) is 5.11. The minimum atomic E-state index is -0.924. The molecule has 60 valence electrons. The summed E-state index contributed by atoms with van der Waals surface area (Å²) in [4.78, 5) is 10.4. The number of carboxylic acid groups (broad SMARTS) is 1. The van der Waals surface area contributed by atoms with Crippen LogP contribution in [0.2, 0.25) is 0 Å². The van der Waals surface area contributed by atoms with Crippen LogP contribution in [0.25, 0.3) is 0 Å². The molecule has 0 aromatic heterocycles. The summed E-state index contributed by atoms with van der Waals surface area (Å²) in [6.45, 7) is 5.64. The van der Waals surface area contributed by atoms with Crippen LogP contribution in [0.4, 0.5) is 0 Å². The van der Waals surface area contributed by atoms with Crippen LogP contribution in [0.15, 0.2) is 0 Å². The molecular formula is C7H15NO2. The summed E-state index contributed by atoms with van der Waals surface area (Å²) >= 11 is 0. The molecule has 0 rings (SSSR count). The first-order valence-electron chi connectivity index (χ1n) is 3.40. The number of aliphatic carboxylic acids is 1. The number of hydrogen-bond donors (Lipinski definition) is 2. The van der Waals surface area contributed by atoms with Crippen LogP contribution in [-0.2, 0) is 4.79 Å². The molecule has 0 aromatic rings. The lowest BCUT2D eigenvalue weighted by molar-refractivity contribution is -0.141. The van der Waals surface area contributed by atoms with Crippen LogP contribution >= 0.6 is 0 Å². The number of carbonyl (C=O) groups is 1. The maximum atomic E-state index is 10.4. The van der Waals surface area contributed by atoms with Crippen molar-refractivity contribution in [3.05, 3.63) is 0 Å². The third-order valence-corrected chi connectivity index (χ3v) is 2.02. The Balaban J connectivity index is 4.17. The van der Waals surface area contributed by atoms with E-state index in [9.17, 15) is 4.79 Å². The van der Waals surface area contributed by atoms with Crippen LogP contribution in [-0.4, -0.2) is 17.1 Å². The highest BCUT2D eigenvalue weighted by atomic mass is 16.4. The Morgan fingerprint density at radius 1 is 1.70 bits per heavy atom. The van der Waals surface area contributed by atoms with Gasteiger partial charge in [0.2, 0.25) is 0 Å². The van der Waals surface area contributed by atoms with Crippen LogP contribution < -0.4 is 5.73 Å². The van der Waals surface area contributed by atoms with E-state index in [1.807, 2.05) is 20.8 Å². The lowest BCUT2D eigenvalue weighted by Gasteiger charge is -2.26. The zero-order valence-electron chi connectivity index (χ0n) is 6.72. The van der Waals surface area contributed by atoms with Gasteiger partial charge in [-0.2, -0.15) is 0 Å². The van der Waals surface area contributed by atoms with E-state index in [2.05, 4.69) is 0 Å². The number of nitrogens with two attached hydrogens (primary N) is 1. The van der Waals surface area contributed by atoms with Gasteiger partial charge >= 0.3 is 5.97 Å². The Kier molecular flexibility index (Phi) is 2.84. The summed E-state index contributed by atoms with van der Waals surface area (Å²) in [5, 5.41) is 8.52. The molecular weight excluding hydrogens is 130 g/mol. The molecule has 3 N–H and O–H groups in total. The van der Waals surface area contributed by atoms with E-state index in [0.29, 0.717) is 0 Å². The van der Waals surface area contributed by atoms with E-state index in [1.165, 1.54) is 0 Å².